The molecule has 0 saturated carbocycles. The number of thiazole rings is 1. The lowest BCUT2D eigenvalue weighted by molar-refractivity contribution is 0.143. The molecule has 3 heterocycles. The van der Waals surface area contributed by atoms with Crippen LogP contribution in [0.25, 0.3) is 10.2 Å². The van der Waals surface area contributed by atoms with Crippen LogP contribution in [-0.4, -0.2) is 34.8 Å². The molecule has 0 unspecified atom stereocenters. The van der Waals surface area contributed by atoms with Gasteiger partial charge in [-0.3, -0.25) is 0 Å². The number of benzene rings is 1. The highest BCUT2D eigenvalue weighted by Gasteiger charge is 2.22. The number of nitrogens with one attached hydrogen (secondary N) is 1. The lowest BCUT2D eigenvalue weighted by atomic mass is 10.1. The van der Waals surface area contributed by atoms with E-state index in [1.807, 2.05) is 12.1 Å². The van der Waals surface area contributed by atoms with Gasteiger partial charge in [0.25, 0.3) is 0 Å². The lowest BCUT2D eigenvalue weighted by Gasteiger charge is -2.33. The predicted octanol–water partition coefficient (Wildman–Crippen LogP) is 4.24. The number of aliphatic hydroxyl groups is 1. The molecule has 1 aromatic carbocycles. The standard InChI is InChI=1S/C22H25N3OS2/c1-22(2,26)12-11-17-9-10-18(27-17)14-23-16-6-5-13-25(15-16)21-24-19-7-3-4-8-20(19)28-21/h3-4,7-10,16,23,26H,5-6,13-15H2,1-2H3/t16-/m0/s1. The first kappa shape index (κ1) is 19.4. The fraction of sp³-hybridized carbons (Fsp3) is 0.409. The molecule has 6 heteroatoms. The van der Waals surface area contributed by atoms with E-state index >= 15 is 0 Å². The Balaban J connectivity index is 1.35. The van der Waals surface area contributed by atoms with E-state index in [9.17, 15) is 5.11 Å². The average molecular weight is 412 g/mol. The Morgan fingerprint density at radius 3 is 2.93 bits per heavy atom. The molecule has 146 valence electrons. The molecule has 1 aliphatic heterocycles. The first-order valence-corrected chi connectivity index (χ1v) is 11.3. The first-order chi connectivity index (χ1) is 13.5. The Bertz CT molecular complexity index is 973. The molecule has 3 aromatic rings. The molecular weight excluding hydrogens is 386 g/mol. The van der Waals surface area contributed by atoms with Gasteiger partial charge in [0.05, 0.1) is 15.1 Å². The molecule has 2 aromatic heterocycles. The maximum Gasteiger partial charge on any atom is 0.186 e. The fourth-order valence-corrected chi connectivity index (χ4v) is 5.13. The van der Waals surface area contributed by atoms with Gasteiger partial charge in [-0.1, -0.05) is 35.3 Å². The number of piperidine rings is 1. The summed E-state index contributed by atoms with van der Waals surface area (Å²) in [6.45, 7) is 6.34. The summed E-state index contributed by atoms with van der Waals surface area (Å²) in [5.74, 6) is 5.93. The van der Waals surface area contributed by atoms with Gasteiger partial charge >= 0.3 is 0 Å². The second-order valence-corrected chi connectivity index (χ2v) is 9.88. The third-order valence-corrected chi connectivity index (χ3v) is 6.79. The second kappa shape index (κ2) is 8.22. The zero-order valence-electron chi connectivity index (χ0n) is 16.2. The number of anilines is 1. The molecule has 4 rings (SSSR count). The van der Waals surface area contributed by atoms with E-state index in [0.29, 0.717) is 6.04 Å². The van der Waals surface area contributed by atoms with Crippen LogP contribution >= 0.6 is 22.7 Å². The molecule has 0 spiro atoms. The van der Waals surface area contributed by atoms with Crippen LogP contribution in [0.3, 0.4) is 0 Å². The van der Waals surface area contributed by atoms with Gasteiger partial charge in [0.2, 0.25) is 0 Å². The quantitative estimate of drug-likeness (QED) is 0.631. The maximum absolute atomic E-state index is 9.73. The summed E-state index contributed by atoms with van der Waals surface area (Å²) in [6, 6.07) is 13.0. The number of hydrogen-bond acceptors (Lipinski definition) is 6. The van der Waals surface area contributed by atoms with Crippen molar-refractivity contribution in [3.8, 4) is 11.8 Å². The van der Waals surface area contributed by atoms with Crippen molar-refractivity contribution in [1.82, 2.24) is 10.3 Å². The molecule has 2 N–H and O–H groups in total. The van der Waals surface area contributed by atoms with Crippen LogP contribution in [0.2, 0.25) is 0 Å². The second-order valence-electron chi connectivity index (χ2n) is 7.71. The number of para-hydroxylation sites is 1. The molecule has 0 radical (unpaired) electrons. The van der Waals surface area contributed by atoms with Crippen molar-refractivity contribution in [1.29, 1.82) is 0 Å². The van der Waals surface area contributed by atoms with E-state index in [1.54, 1.807) is 36.5 Å². The molecule has 1 aliphatic rings. The third-order valence-electron chi connectivity index (χ3n) is 4.69. The molecule has 0 aliphatic carbocycles. The van der Waals surface area contributed by atoms with Crippen molar-refractivity contribution in [3.63, 3.8) is 0 Å². The number of aromatic nitrogens is 1. The summed E-state index contributed by atoms with van der Waals surface area (Å²) in [6.07, 6.45) is 2.37. The van der Waals surface area contributed by atoms with Gasteiger partial charge in [-0.15, -0.1) is 11.3 Å². The number of thiophene rings is 1. The largest absolute Gasteiger partial charge is 0.378 e. The van der Waals surface area contributed by atoms with Crippen LogP contribution in [0.5, 0.6) is 0 Å². The molecule has 0 bridgehead atoms. The molecule has 1 saturated heterocycles. The maximum atomic E-state index is 9.73. The van der Waals surface area contributed by atoms with E-state index in [-0.39, 0.29) is 0 Å². The summed E-state index contributed by atoms with van der Waals surface area (Å²) in [5, 5.41) is 14.6. The van der Waals surface area contributed by atoms with Crippen LogP contribution in [-0.2, 0) is 6.54 Å². The summed E-state index contributed by atoms with van der Waals surface area (Å²) in [7, 11) is 0. The minimum Gasteiger partial charge on any atom is -0.378 e. The predicted molar refractivity (Wildman–Crippen MR) is 119 cm³/mol. The number of fused-ring (bicyclic) bond motifs is 1. The SMILES string of the molecule is CC(C)(O)C#Cc1ccc(CN[C@H]2CCCN(c3nc4ccccc4s3)C2)s1. The van der Waals surface area contributed by atoms with Crippen molar-refractivity contribution < 1.29 is 5.11 Å². The normalized spacial score (nSPS) is 17.5. The van der Waals surface area contributed by atoms with Crippen molar-refractivity contribution in [2.45, 2.75) is 44.9 Å². The molecule has 4 nitrogen and oxygen atoms in total. The van der Waals surface area contributed by atoms with E-state index in [1.165, 1.54) is 22.4 Å². The van der Waals surface area contributed by atoms with E-state index in [0.717, 1.165) is 35.2 Å². The Kier molecular flexibility index (Phi) is 5.70. The van der Waals surface area contributed by atoms with Gasteiger partial charge < -0.3 is 15.3 Å². The Morgan fingerprint density at radius 1 is 1.25 bits per heavy atom. The van der Waals surface area contributed by atoms with Gasteiger partial charge in [-0.2, -0.15) is 0 Å². The summed E-state index contributed by atoms with van der Waals surface area (Å²) >= 11 is 3.48. The van der Waals surface area contributed by atoms with Gasteiger partial charge in [0, 0.05) is 30.6 Å². The zero-order valence-corrected chi connectivity index (χ0v) is 17.9. The molecule has 1 fully saturated rings. The molecule has 28 heavy (non-hydrogen) atoms. The molecule has 0 amide bonds. The first-order valence-electron chi connectivity index (χ1n) is 9.64. The molecular formula is C22H25N3OS2. The van der Waals surface area contributed by atoms with Crippen LogP contribution in [0.1, 0.15) is 36.4 Å². The topological polar surface area (TPSA) is 48.4 Å². The monoisotopic (exact) mass is 411 g/mol. The number of rotatable bonds is 4. The Hall–Kier alpha value is -1.91. The number of nitrogens with zero attached hydrogens (tertiary/aromatic N) is 2. The highest BCUT2D eigenvalue weighted by Crippen LogP contribution is 2.30. The summed E-state index contributed by atoms with van der Waals surface area (Å²) in [5.41, 5.74) is 0.144. The van der Waals surface area contributed by atoms with Gasteiger partial charge in [-0.05, 0) is 51.0 Å². The van der Waals surface area contributed by atoms with Crippen molar-refractivity contribution in [2.24, 2.45) is 0 Å². The number of hydrogen-bond donors (Lipinski definition) is 2. The minimum atomic E-state index is -0.950. The van der Waals surface area contributed by atoms with E-state index < -0.39 is 5.60 Å². The van der Waals surface area contributed by atoms with Gasteiger partial charge in [-0.25, -0.2) is 4.98 Å². The van der Waals surface area contributed by atoms with Gasteiger partial charge in [0.15, 0.2) is 5.13 Å². The van der Waals surface area contributed by atoms with E-state index in [4.69, 9.17) is 4.98 Å². The smallest absolute Gasteiger partial charge is 0.186 e. The van der Waals surface area contributed by atoms with Crippen molar-refractivity contribution in [3.05, 3.63) is 46.2 Å². The zero-order chi connectivity index (χ0) is 19.6. The van der Waals surface area contributed by atoms with Crippen LogP contribution in [0, 0.1) is 11.8 Å². The highest BCUT2D eigenvalue weighted by molar-refractivity contribution is 7.22. The fourth-order valence-electron chi connectivity index (χ4n) is 3.31. The Morgan fingerprint density at radius 2 is 2.11 bits per heavy atom. The van der Waals surface area contributed by atoms with Crippen molar-refractivity contribution >= 4 is 38.0 Å². The van der Waals surface area contributed by atoms with E-state index in [2.05, 4.69) is 46.3 Å². The summed E-state index contributed by atoms with van der Waals surface area (Å²) in [4.78, 5) is 9.51. The van der Waals surface area contributed by atoms with Crippen LogP contribution in [0.4, 0.5) is 5.13 Å². The third kappa shape index (κ3) is 4.92. The van der Waals surface area contributed by atoms with Crippen molar-refractivity contribution in [2.75, 3.05) is 18.0 Å². The lowest BCUT2D eigenvalue weighted by Crippen LogP contribution is -2.45. The molecule has 1 atom stereocenters. The minimum absolute atomic E-state index is 0.466. The Labute approximate surface area is 174 Å². The van der Waals surface area contributed by atoms with Crippen LogP contribution < -0.4 is 10.2 Å². The average Bonchev–Trinajstić information content (AvgIpc) is 3.31. The van der Waals surface area contributed by atoms with Crippen LogP contribution in [0.15, 0.2) is 36.4 Å². The highest BCUT2D eigenvalue weighted by atomic mass is 32.1. The summed E-state index contributed by atoms with van der Waals surface area (Å²) < 4.78 is 1.26. The van der Waals surface area contributed by atoms with Gasteiger partial charge in [0.1, 0.15) is 5.60 Å².